The highest BCUT2D eigenvalue weighted by atomic mass is 32.2. The van der Waals surface area contributed by atoms with E-state index in [4.69, 9.17) is 0 Å². The summed E-state index contributed by atoms with van der Waals surface area (Å²) in [6.45, 7) is 5.24. The summed E-state index contributed by atoms with van der Waals surface area (Å²) in [6, 6.07) is 1.76. The van der Waals surface area contributed by atoms with E-state index in [0.717, 1.165) is 24.2 Å². The van der Waals surface area contributed by atoms with Gasteiger partial charge in [0.1, 0.15) is 0 Å². The smallest absolute Gasteiger partial charge is 0.276 e. The largest absolute Gasteiger partial charge is 0.334 e. The summed E-state index contributed by atoms with van der Waals surface area (Å²) >= 11 is 0. The second-order valence-corrected chi connectivity index (χ2v) is 10.3. The lowest BCUT2D eigenvalue weighted by Crippen LogP contribution is -2.44. The molecule has 2 fully saturated rings. The van der Waals surface area contributed by atoms with Gasteiger partial charge in [0.25, 0.3) is 5.56 Å². The number of amides is 1. The average Bonchev–Trinajstić information content (AvgIpc) is 3.34. The van der Waals surface area contributed by atoms with Crippen LogP contribution in [0, 0.1) is 12.8 Å². The summed E-state index contributed by atoms with van der Waals surface area (Å²) in [5.74, 6) is -0.0854. The molecule has 4 heterocycles. The number of nitrogens with zero attached hydrogens (tertiary/aromatic N) is 4. The number of sulfonamides is 1. The van der Waals surface area contributed by atoms with E-state index in [-0.39, 0.29) is 23.4 Å². The molecule has 0 bridgehead atoms. The van der Waals surface area contributed by atoms with Crippen LogP contribution in [0.4, 0.5) is 0 Å². The number of aromatic nitrogens is 3. The van der Waals surface area contributed by atoms with Crippen molar-refractivity contribution in [2.75, 3.05) is 25.9 Å². The molecular weight excluding hydrogens is 406 g/mol. The topological polar surface area (TPSA) is 108 Å². The van der Waals surface area contributed by atoms with Crippen molar-refractivity contribution in [2.45, 2.75) is 52.0 Å². The van der Waals surface area contributed by atoms with E-state index in [2.05, 4.69) is 10.1 Å². The SMILES string of the molecule is CCc1c(C)nc2cc(C3CCCN3C(=O)C3CCN(S(C)(=O)=O)CC3)[nH]n2c1=O. The van der Waals surface area contributed by atoms with E-state index < -0.39 is 10.0 Å². The Balaban J connectivity index is 1.56. The summed E-state index contributed by atoms with van der Waals surface area (Å²) in [5.41, 5.74) is 2.75. The number of H-pyrrole nitrogens is 1. The first-order chi connectivity index (χ1) is 14.2. The average molecular weight is 436 g/mol. The van der Waals surface area contributed by atoms with Gasteiger partial charge in [0.2, 0.25) is 15.9 Å². The summed E-state index contributed by atoms with van der Waals surface area (Å²) in [6.07, 6.45) is 4.65. The number of rotatable bonds is 4. The molecule has 0 aromatic carbocycles. The number of hydrogen-bond acceptors (Lipinski definition) is 5. The molecule has 9 nitrogen and oxygen atoms in total. The van der Waals surface area contributed by atoms with Crippen LogP contribution in [-0.4, -0.2) is 64.0 Å². The third-order valence-electron chi connectivity index (χ3n) is 6.46. The van der Waals surface area contributed by atoms with E-state index in [0.29, 0.717) is 50.1 Å². The zero-order valence-corrected chi connectivity index (χ0v) is 18.5. The Labute approximate surface area is 176 Å². The van der Waals surface area contributed by atoms with Crippen LogP contribution in [0.1, 0.15) is 55.6 Å². The number of carbonyl (C=O) groups is 1. The number of likely N-dealkylation sites (tertiary alicyclic amines) is 1. The highest BCUT2D eigenvalue weighted by Gasteiger charge is 2.37. The highest BCUT2D eigenvalue weighted by Crippen LogP contribution is 2.34. The number of nitrogens with one attached hydrogen (secondary N) is 1. The molecule has 164 valence electrons. The molecule has 0 saturated carbocycles. The molecule has 10 heteroatoms. The minimum absolute atomic E-state index is 0.0787. The van der Waals surface area contributed by atoms with Crippen molar-refractivity contribution < 1.29 is 13.2 Å². The van der Waals surface area contributed by atoms with Crippen LogP contribution in [-0.2, 0) is 21.2 Å². The van der Waals surface area contributed by atoms with Gasteiger partial charge < -0.3 is 4.90 Å². The first-order valence-electron chi connectivity index (χ1n) is 10.6. The molecule has 2 aliphatic heterocycles. The Bertz CT molecular complexity index is 1130. The van der Waals surface area contributed by atoms with E-state index in [1.54, 1.807) is 0 Å². The van der Waals surface area contributed by atoms with Gasteiger partial charge in [0, 0.05) is 42.9 Å². The predicted octanol–water partition coefficient (Wildman–Crippen LogP) is 1.23. The first kappa shape index (κ1) is 21.0. The van der Waals surface area contributed by atoms with Gasteiger partial charge in [0.05, 0.1) is 18.0 Å². The number of fused-ring (bicyclic) bond motifs is 1. The maximum atomic E-state index is 13.2. The van der Waals surface area contributed by atoms with Crippen molar-refractivity contribution in [3.05, 3.63) is 33.4 Å². The van der Waals surface area contributed by atoms with Crippen molar-refractivity contribution >= 4 is 21.6 Å². The van der Waals surface area contributed by atoms with Gasteiger partial charge in [0.15, 0.2) is 5.65 Å². The van der Waals surface area contributed by atoms with Crippen LogP contribution in [0.3, 0.4) is 0 Å². The van der Waals surface area contributed by atoms with Crippen molar-refractivity contribution in [3.8, 4) is 0 Å². The van der Waals surface area contributed by atoms with E-state index >= 15 is 0 Å². The predicted molar refractivity (Wildman–Crippen MR) is 113 cm³/mol. The summed E-state index contributed by atoms with van der Waals surface area (Å²) in [7, 11) is -3.21. The normalized spacial score (nSPS) is 21.6. The summed E-state index contributed by atoms with van der Waals surface area (Å²) in [4.78, 5) is 32.4. The number of hydrogen-bond donors (Lipinski definition) is 1. The molecule has 2 aromatic heterocycles. The minimum Gasteiger partial charge on any atom is -0.334 e. The fourth-order valence-electron chi connectivity index (χ4n) is 4.79. The van der Waals surface area contributed by atoms with Crippen molar-refractivity contribution in [1.29, 1.82) is 0 Å². The second-order valence-electron chi connectivity index (χ2n) is 8.37. The van der Waals surface area contributed by atoms with Crippen molar-refractivity contribution in [2.24, 2.45) is 5.92 Å². The van der Waals surface area contributed by atoms with Crippen LogP contribution in [0.5, 0.6) is 0 Å². The monoisotopic (exact) mass is 435 g/mol. The molecule has 0 aliphatic carbocycles. The van der Waals surface area contributed by atoms with Crippen LogP contribution in [0.25, 0.3) is 5.65 Å². The number of aromatic amines is 1. The third-order valence-corrected chi connectivity index (χ3v) is 7.76. The Morgan fingerprint density at radius 2 is 1.93 bits per heavy atom. The molecule has 4 rings (SSSR count). The Hall–Kier alpha value is -2.20. The van der Waals surface area contributed by atoms with Gasteiger partial charge >= 0.3 is 0 Å². The van der Waals surface area contributed by atoms with Crippen molar-refractivity contribution in [3.63, 3.8) is 0 Å². The van der Waals surface area contributed by atoms with Gasteiger partial charge in [-0.05, 0) is 39.0 Å². The standard InChI is InChI=1S/C20H29N5O4S/c1-4-15-13(2)21-18-12-16(22-25(18)20(15)27)17-6-5-9-24(17)19(26)14-7-10-23(11-8-14)30(3,28)29/h12,14,17,22H,4-11H2,1-3H3. The molecule has 1 atom stereocenters. The molecule has 2 saturated heterocycles. The summed E-state index contributed by atoms with van der Waals surface area (Å²) in [5, 5.41) is 3.18. The maximum absolute atomic E-state index is 13.2. The van der Waals surface area contributed by atoms with E-state index in [1.165, 1.54) is 15.1 Å². The minimum atomic E-state index is -3.21. The molecule has 1 N–H and O–H groups in total. The lowest BCUT2D eigenvalue weighted by molar-refractivity contribution is -0.137. The Morgan fingerprint density at radius 1 is 1.23 bits per heavy atom. The van der Waals surface area contributed by atoms with E-state index in [1.807, 2.05) is 24.8 Å². The summed E-state index contributed by atoms with van der Waals surface area (Å²) < 4.78 is 26.4. The number of carbonyl (C=O) groups excluding carboxylic acids is 1. The first-order valence-corrected chi connectivity index (χ1v) is 12.4. The molecular formula is C20H29N5O4S. The van der Waals surface area contributed by atoms with Crippen LogP contribution in [0.2, 0.25) is 0 Å². The van der Waals surface area contributed by atoms with Gasteiger partial charge in [-0.2, -0.15) is 0 Å². The van der Waals surface area contributed by atoms with Gasteiger partial charge in [-0.3, -0.25) is 14.7 Å². The number of piperidine rings is 1. The van der Waals surface area contributed by atoms with E-state index in [9.17, 15) is 18.0 Å². The van der Waals surface area contributed by atoms with Crippen LogP contribution < -0.4 is 5.56 Å². The zero-order chi connectivity index (χ0) is 21.6. The highest BCUT2D eigenvalue weighted by molar-refractivity contribution is 7.88. The molecule has 1 amide bonds. The molecule has 2 aromatic rings. The van der Waals surface area contributed by atoms with Crippen molar-refractivity contribution in [1.82, 2.24) is 23.8 Å². The maximum Gasteiger partial charge on any atom is 0.276 e. The quantitative estimate of drug-likeness (QED) is 0.777. The lowest BCUT2D eigenvalue weighted by Gasteiger charge is -2.33. The fourth-order valence-corrected chi connectivity index (χ4v) is 5.66. The Kier molecular flexibility index (Phi) is 5.48. The molecule has 0 radical (unpaired) electrons. The third kappa shape index (κ3) is 3.66. The van der Waals surface area contributed by atoms with Crippen LogP contribution >= 0.6 is 0 Å². The van der Waals surface area contributed by atoms with Crippen LogP contribution in [0.15, 0.2) is 10.9 Å². The Morgan fingerprint density at radius 3 is 2.57 bits per heavy atom. The van der Waals surface area contributed by atoms with Gasteiger partial charge in [-0.1, -0.05) is 6.92 Å². The molecule has 2 aliphatic rings. The van der Waals surface area contributed by atoms with Gasteiger partial charge in [-0.25, -0.2) is 22.2 Å². The molecule has 0 spiro atoms. The zero-order valence-electron chi connectivity index (χ0n) is 17.7. The fraction of sp³-hybridized carbons (Fsp3) is 0.650. The lowest BCUT2D eigenvalue weighted by atomic mass is 9.96. The second kappa shape index (κ2) is 7.81. The molecule has 30 heavy (non-hydrogen) atoms. The number of aryl methyl sites for hydroxylation is 1. The molecule has 1 unspecified atom stereocenters. The van der Waals surface area contributed by atoms with Gasteiger partial charge in [-0.15, -0.1) is 0 Å².